The van der Waals surface area contributed by atoms with E-state index in [1.165, 1.54) is 0 Å². The number of piperazine rings is 1. The summed E-state index contributed by atoms with van der Waals surface area (Å²) in [5.74, 6) is 1.18. The van der Waals surface area contributed by atoms with Gasteiger partial charge in [-0.2, -0.15) is 5.26 Å². The molecular weight excluding hydrogens is 420 g/mol. The Bertz CT molecular complexity index is 1040. The summed E-state index contributed by atoms with van der Waals surface area (Å²) < 4.78 is 6.06. The average molecular weight is 453 g/mol. The highest BCUT2D eigenvalue weighted by Gasteiger charge is 2.35. The van der Waals surface area contributed by atoms with Gasteiger partial charge in [-0.3, -0.25) is 4.79 Å². The molecule has 1 fully saturated rings. The third kappa shape index (κ3) is 4.39. The molecule has 1 amide bonds. The summed E-state index contributed by atoms with van der Waals surface area (Å²) in [6, 6.07) is 6.52. The second-order valence-electron chi connectivity index (χ2n) is 9.78. The van der Waals surface area contributed by atoms with Crippen LogP contribution in [0, 0.1) is 11.3 Å². The van der Waals surface area contributed by atoms with Crippen LogP contribution in [0.4, 0.5) is 5.82 Å². The molecule has 0 aliphatic carbocycles. The first kappa shape index (κ1) is 22.8. The predicted octanol–water partition coefficient (Wildman–Crippen LogP) is 4.27. The molecule has 4 heterocycles. The molecule has 7 heteroatoms. The summed E-state index contributed by atoms with van der Waals surface area (Å²) in [4.78, 5) is 23.2. The van der Waals surface area contributed by atoms with Crippen molar-refractivity contribution in [2.45, 2.75) is 71.6 Å². The molecule has 0 radical (unpaired) electrons. The van der Waals surface area contributed by atoms with Crippen molar-refractivity contribution >= 4 is 23.1 Å². The van der Waals surface area contributed by atoms with Crippen molar-refractivity contribution in [2.75, 3.05) is 24.5 Å². The first-order valence-electron chi connectivity index (χ1n) is 11.4. The monoisotopic (exact) mass is 452 g/mol. The SMILES string of the molecule is CC(C)c1nc(N2CCN(C(=O)Cc3cccs3)C(C)C2)c(C#N)c2c1COC(C)(C)C2. The zero-order chi connectivity index (χ0) is 23.0. The maximum Gasteiger partial charge on any atom is 0.228 e. The first-order valence-corrected chi connectivity index (χ1v) is 12.2. The van der Waals surface area contributed by atoms with Crippen LogP contribution >= 0.6 is 11.3 Å². The molecule has 2 aromatic rings. The summed E-state index contributed by atoms with van der Waals surface area (Å²) in [5, 5.41) is 12.1. The minimum atomic E-state index is -0.300. The highest BCUT2D eigenvalue weighted by atomic mass is 32.1. The summed E-state index contributed by atoms with van der Waals surface area (Å²) in [6.45, 7) is 13.0. The molecule has 170 valence electrons. The third-order valence-electron chi connectivity index (χ3n) is 6.45. The van der Waals surface area contributed by atoms with Crippen molar-refractivity contribution in [1.82, 2.24) is 9.88 Å². The molecule has 0 spiro atoms. The number of hydrogen-bond acceptors (Lipinski definition) is 6. The Morgan fingerprint density at radius 2 is 2.16 bits per heavy atom. The Kier molecular flexibility index (Phi) is 6.28. The Labute approximate surface area is 194 Å². The standard InChI is InChI=1S/C25H32N4O2S/c1-16(2)23-21-15-31-25(4,5)12-19(21)20(13-26)24(27-23)28-8-9-29(17(3)14-28)22(30)11-18-7-6-10-32-18/h6-7,10,16-17H,8-9,11-12,14-15H2,1-5H3. The fourth-order valence-electron chi connectivity index (χ4n) is 4.79. The molecule has 4 rings (SSSR count). The third-order valence-corrected chi connectivity index (χ3v) is 7.32. The van der Waals surface area contributed by atoms with Crippen molar-refractivity contribution < 1.29 is 9.53 Å². The number of nitriles is 1. The van der Waals surface area contributed by atoms with E-state index in [2.05, 4.69) is 45.6 Å². The van der Waals surface area contributed by atoms with Gasteiger partial charge in [-0.05, 0) is 43.7 Å². The van der Waals surface area contributed by atoms with Crippen LogP contribution in [0.1, 0.15) is 67.8 Å². The van der Waals surface area contributed by atoms with E-state index < -0.39 is 0 Å². The van der Waals surface area contributed by atoms with Crippen LogP contribution in [0.15, 0.2) is 17.5 Å². The van der Waals surface area contributed by atoms with Crippen molar-refractivity contribution in [2.24, 2.45) is 0 Å². The van der Waals surface area contributed by atoms with Crippen LogP contribution in [-0.2, 0) is 29.0 Å². The Morgan fingerprint density at radius 3 is 2.78 bits per heavy atom. The molecule has 0 bridgehead atoms. The van der Waals surface area contributed by atoms with Gasteiger partial charge < -0.3 is 14.5 Å². The highest BCUT2D eigenvalue weighted by Crippen LogP contribution is 2.38. The molecule has 2 aliphatic heterocycles. The number of amides is 1. The maximum atomic E-state index is 12.9. The van der Waals surface area contributed by atoms with E-state index in [1.54, 1.807) is 11.3 Å². The lowest BCUT2D eigenvalue weighted by atomic mass is 9.86. The smallest absolute Gasteiger partial charge is 0.228 e. The Balaban J connectivity index is 1.62. The summed E-state index contributed by atoms with van der Waals surface area (Å²) in [7, 11) is 0. The minimum Gasteiger partial charge on any atom is -0.370 e. The van der Waals surface area contributed by atoms with E-state index >= 15 is 0 Å². The van der Waals surface area contributed by atoms with E-state index in [9.17, 15) is 10.1 Å². The largest absolute Gasteiger partial charge is 0.370 e. The molecule has 0 N–H and O–H groups in total. The van der Waals surface area contributed by atoms with Gasteiger partial charge in [0.25, 0.3) is 0 Å². The number of aromatic nitrogens is 1. The molecule has 32 heavy (non-hydrogen) atoms. The number of carbonyl (C=O) groups is 1. The highest BCUT2D eigenvalue weighted by molar-refractivity contribution is 7.10. The van der Waals surface area contributed by atoms with Crippen LogP contribution in [-0.4, -0.2) is 47.1 Å². The lowest BCUT2D eigenvalue weighted by Gasteiger charge is -2.42. The number of carbonyl (C=O) groups excluding carboxylic acids is 1. The lowest BCUT2D eigenvalue weighted by Crippen LogP contribution is -2.55. The molecule has 2 aromatic heterocycles. The number of nitrogens with zero attached hydrogens (tertiary/aromatic N) is 4. The molecular formula is C25H32N4O2S. The van der Waals surface area contributed by atoms with Gasteiger partial charge in [0.2, 0.25) is 5.91 Å². The van der Waals surface area contributed by atoms with Gasteiger partial charge in [-0.25, -0.2) is 4.98 Å². The van der Waals surface area contributed by atoms with E-state index in [0.29, 0.717) is 44.6 Å². The van der Waals surface area contributed by atoms with Gasteiger partial charge in [-0.15, -0.1) is 11.3 Å². The molecule has 2 aliphatic rings. The Hall–Kier alpha value is -2.43. The fourth-order valence-corrected chi connectivity index (χ4v) is 5.48. The number of anilines is 1. The average Bonchev–Trinajstić information content (AvgIpc) is 3.24. The summed E-state index contributed by atoms with van der Waals surface area (Å²) in [6.07, 6.45) is 1.16. The van der Waals surface area contributed by atoms with Crippen LogP contribution < -0.4 is 4.90 Å². The van der Waals surface area contributed by atoms with E-state index in [1.807, 2.05) is 22.4 Å². The van der Waals surface area contributed by atoms with Crippen molar-refractivity contribution in [3.05, 3.63) is 44.8 Å². The number of thiophene rings is 1. The molecule has 0 aromatic carbocycles. The number of hydrogen-bond donors (Lipinski definition) is 0. The molecule has 1 unspecified atom stereocenters. The second kappa shape index (κ2) is 8.84. The topological polar surface area (TPSA) is 69.5 Å². The van der Waals surface area contributed by atoms with Gasteiger partial charge in [0.15, 0.2) is 0 Å². The van der Waals surface area contributed by atoms with Crippen molar-refractivity contribution in [3.8, 4) is 6.07 Å². The molecule has 1 atom stereocenters. The van der Waals surface area contributed by atoms with E-state index in [-0.39, 0.29) is 23.5 Å². The number of fused-ring (bicyclic) bond motifs is 1. The van der Waals surface area contributed by atoms with Gasteiger partial charge in [0.05, 0.1) is 29.9 Å². The quantitative estimate of drug-likeness (QED) is 0.693. The van der Waals surface area contributed by atoms with Gasteiger partial charge >= 0.3 is 0 Å². The summed E-state index contributed by atoms with van der Waals surface area (Å²) >= 11 is 1.62. The number of rotatable bonds is 4. The van der Waals surface area contributed by atoms with E-state index in [0.717, 1.165) is 27.5 Å². The predicted molar refractivity (Wildman–Crippen MR) is 127 cm³/mol. The van der Waals surface area contributed by atoms with Gasteiger partial charge in [-0.1, -0.05) is 19.9 Å². The maximum absolute atomic E-state index is 12.9. The summed E-state index contributed by atoms with van der Waals surface area (Å²) in [5.41, 5.74) is 3.56. The van der Waals surface area contributed by atoms with Crippen molar-refractivity contribution in [3.63, 3.8) is 0 Å². The van der Waals surface area contributed by atoms with Crippen LogP contribution in [0.25, 0.3) is 0 Å². The lowest BCUT2D eigenvalue weighted by molar-refractivity contribution is -0.132. The fraction of sp³-hybridized carbons (Fsp3) is 0.560. The van der Waals surface area contributed by atoms with Gasteiger partial charge in [0, 0.05) is 42.5 Å². The normalized spacial score (nSPS) is 20.2. The van der Waals surface area contributed by atoms with Crippen LogP contribution in [0.5, 0.6) is 0 Å². The molecule has 6 nitrogen and oxygen atoms in total. The van der Waals surface area contributed by atoms with E-state index in [4.69, 9.17) is 9.72 Å². The van der Waals surface area contributed by atoms with Gasteiger partial charge in [0.1, 0.15) is 11.9 Å². The number of pyridine rings is 1. The number of ether oxygens (including phenoxy) is 1. The first-order chi connectivity index (χ1) is 15.2. The Morgan fingerprint density at radius 1 is 1.38 bits per heavy atom. The molecule has 0 saturated carbocycles. The zero-order valence-corrected chi connectivity index (χ0v) is 20.5. The zero-order valence-electron chi connectivity index (χ0n) is 19.6. The second-order valence-corrected chi connectivity index (χ2v) is 10.8. The minimum absolute atomic E-state index is 0.0582. The van der Waals surface area contributed by atoms with Crippen LogP contribution in [0.3, 0.4) is 0 Å². The van der Waals surface area contributed by atoms with Crippen molar-refractivity contribution in [1.29, 1.82) is 5.26 Å². The van der Waals surface area contributed by atoms with Crippen LogP contribution in [0.2, 0.25) is 0 Å². The molecule has 1 saturated heterocycles.